The summed E-state index contributed by atoms with van der Waals surface area (Å²) in [5.74, 6) is 0. The molecule has 0 aliphatic carbocycles. The van der Waals surface area contributed by atoms with Crippen molar-refractivity contribution in [2.75, 3.05) is 6.54 Å². The molecule has 2 atom stereocenters. The van der Waals surface area contributed by atoms with E-state index in [-0.39, 0.29) is 6.04 Å². The molecule has 0 aliphatic heterocycles. The number of hydrogen-bond donors (Lipinski definition) is 2. The van der Waals surface area contributed by atoms with E-state index in [0.29, 0.717) is 6.54 Å². The third-order valence-corrected chi connectivity index (χ3v) is 3.70. The highest BCUT2D eigenvalue weighted by atomic mass is 16.3. The lowest BCUT2D eigenvalue weighted by Crippen LogP contribution is -2.34. The van der Waals surface area contributed by atoms with Gasteiger partial charge in [-0.3, -0.25) is 0 Å². The average Bonchev–Trinajstić information content (AvgIpc) is 2.56. The molecule has 2 aromatic rings. The second-order valence-electron chi connectivity index (χ2n) is 5.14. The Labute approximate surface area is 127 Å². The predicted octanol–water partition coefficient (Wildman–Crippen LogP) is 3.94. The van der Waals surface area contributed by atoms with E-state index in [1.807, 2.05) is 36.4 Å². The Morgan fingerprint density at radius 3 is 2.24 bits per heavy atom. The molecule has 2 heteroatoms. The van der Waals surface area contributed by atoms with E-state index in [9.17, 15) is 5.11 Å². The molecule has 0 radical (unpaired) electrons. The highest BCUT2D eigenvalue weighted by Crippen LogP contribution is 2.24. The minimum atomic E-state index is -0.500. The summed E-state index contributed by atoms with van der Waals surface area (Å²) in [4.78, 5) is 0. The van der Waals surface area contributed by atoms with Crippen LogP contribution in [-0.4, -0.2) is 17.7 Å². The van der Waals surface area contributed by atoms with Crippen LogP contribution in [0.3, 0.4) is 0 Å². The Morgan fingerprint density at radius 1 is 1.05 bits per heavy atom. The van der Waals surface area contributed by atoms with Crippen molar-refractivity contribution in [3.63, 3.8) is 0 Å². The van der Waals surface area contributed by atoms with Crippen molar-refractivity contribution in [3.05, 3.63) is 72.8 Å². The Morgan fingerprint density at radius 2 is 1.67 bits per heavy atom. The summed E-state index contributed by atoms with van der Waals surface area (Å²) in [6, 6.07) is 18.4. The van der Waals surface area contributed by atoms with Gasteiger partial charge in [0, 0.05) is 12.6 Å². The maximum Gasteiger partial charge on any atom is 0.0942 e. The zero-order chi connectivity index (χ0) is 15.1. The third kappa shape index (κ3) is 4.03. The molecule has 0 bridgehead atoms. The molecule has 0 heterocycles. The van der Waals surface area contributed by atoms with Gasteiger partial charge in [0.25, 0.3) is 0 Å². The lowest BCUT2D eigenvalue weighted by atomic mass is 9.97. The second kappa shape index (κ2) is 7.77. The van der Waals surface area contributed by atoms with Crippen LogP contribution in [0.4, 0.5) is 0 Å². The Balaban J connectivity index is 2.12. The normalized spacial score (nSPS) is 13.6. The number of aliphatic hydroxyl groups excluding tert-OH is 1. The first kappa shape index (κ1) is 15.5. The minimum Gasteiger partial charge on any atom is -0.387 e. The van der Waals surface area contributed by atoms with Crippen molar-refractivity contribution in [3.8, 4) is 11.1 Å². The maximum atomic E-state index is 10.5. The van der Waals surface area contributed by atoms with Gasteiger partial charge in [0.15, 0.2) is 0 Å². The topological polar surface area (TPSA) is 32.3 Å². The van der Waals surface area contributed by atoms with Crippen LogP contribution >= 0.6 is 0 Å². The van der Waals surface area contributed by atoms with Crippen molar-refractivity contribution in [2.24, 2.45) is 0 Å². The monoisotopic (exact) mass is 281 g/mol. The largest absolute Gasteiger partial charge is 0.387 e. The van der Waals surface area contributed by atoms with Crippen molar-refractivity contribution in [1.29, 1.82) is 0 Å². The van der Waals surface area contributed by atoms with E-state index >= 15 is 0 Å². The van der Waals surface area contributed by atoms with Crippen LogP contribution in [0.15, 0.2) is 67.3 Å². The van der Waals surface area contributed by atoms with E-state index in [2.05, 4.69) is 43.1 Å². The molecule has 0 saturated carbocycles. The molecule has 110 valence electrons. The Bertz CT molecular complexity index is 548. The first-order chi connectivity index (χ1) is 10.3. The van der Waals surface area contributed by atoms with Crippen LogP contribution < -0.4 is 5.32 Å². The molecule has 0 saturated heterocycles. The smallest absolute Gasteiger partial charge is 0.0942 e. The van der Waals surface area contributed by atoms with Crippen LogP contribution in [-0.2, 0) is 0 Å². The molecule has 0 aliphatic rings. The van der Waals surface area contributed by atoms with Crippen LogP contribution in [0.25, 0.3) is 11.1 Å². The quantitative estimate of drug-likeness (QED) is 0.753. The molecular weight excluding hydrogens is 258 g/mol. The molecule has 0 amide bonds. The van der Waals surface area contributed by atoms with Gasteiger partial charge in [-0.1, -0.05) is 67.6 Å². The molecule has 0 fully saturated rings. The number of benzene rings is 2. The van der Waals surface area contributed by atoms with Crippen molar-refractivity contribution < 1.29 is 5.11 Å². The summed E-state index contributed by atoms with van der Waals surface area (Å²) in [6.45, 7) is 6.48. The summed E-state index contributed by atoms with van der Waals surface area (Å²) >= 11 is 0. The zero-order valence-electron chi connectivity index (χ0n) is 12.5. The molecule has 0 spiro atoms. The fraction of sp³-hybridized carbons (Fsp3) is 0.263. The van der Waals surface area contributed by atoms with Crippen LogP contribution in [0.2, 0.25) is 0 Å². The average molecular weight is 281 g/mol. The lowest BCUT2D eigenvalue weighted by Gasteiger charge is -2.23. The van der Waals surface area contributed by atoms with E-state index in [1.165, 1.54) is 11.1 Å². The molecule has 21 heavy (non-hydrogen) atoms. The van der Waals surface area contributed by atoms with Crippen molar-refractivity contribution in [1.82, 2.24) is 5.32 Å². The van der Waals surface area contributed by atoms with Gasteiger partial charge in [-0.15, -0.1) is 6.58 Å². The molecule has 2 nitrogen and oxygen atoms in total. The fourth-order valence-electron chi connectivity index (χ4n) is 2.45. The third-order valence-electron chi connectivity index (χ3n) is 3.70. The van der Waals surface area contributed by atoms with Gasteiger partial charge in [0.1, 0.15) is 0 Å². The minimum absolute atomic E-state index is 0.0468. The summed E-state index contributed by atoms with van der Waals surface area (Å²) in [5.41, 5.74) is 3.30. The zero-order valence-corrected chi connectivity index (χ0v) is 12.5. The molecule has 2 rings (SSSR count). The first-order valence-corrected chi connectivity index (χ1v) is 7.44. The van der Waals surface area contributed by atoms with Gasteiger partial charge in [0.2, 0.25) is 0 Å². The number of nitrogens with one attached hydrogen (secondary N) is 1. The summed E-state index contributed by atoms with van der Waals surface area (Å²) in [6.07, 6.45) is 2.18. The fourth-order valence-corrected chi connectivity index (χ4v) is 2.45. The number of rotatable bonds is 7. The second-order valence-corrected chi connectivity index (χ2v) is 5.14. The van der Waals surface area contributed by atoms with Gasteiger partial charge in [-0.25, -0.2) is 0 Å². The molecule has 2 N–H and O–H groups in total. The Kier molecular flexibility index (Phi) is 5.73. The SMILES string of the molecule is C=CCNC(CC)C(O)c1ccc(-c2ccccc2)cc1. The van der Waals surface area contributed by atoms with Crippen LogP contribution in [0.5, 0.6) is 0 Å². The van der Waals surface area contributed by atoms with E-state index in [0.717, 1.165) is 12.0 Å². The maximum absolute atomic E-state index is 10.5. The highest BCUT2D eigenvalue weighted by molar-refractivity contribution is 5.63. The predicted molar refractivity (Wildman–Crippen MR) is 89.1 cm³/mol. The van der Waals surface area contributed by atoms with Crippen LogP contribution in [0, 0.1) is 0 Å². The summed E-state index contributed by atoms with van der Waals surface area (Å²) < 4.78 is 0. The van der Waals surface area contributed by atoms with Crippen molar-refractivity contribution >= 4 is 0 Å². The number of aliphatic hydroxyl groups is 1. The molecule has 2 aromatic carbocycles. The van der Waals surface area contributed by atoms with Gasteiger partial charge in [-0.2, -0.15) is 0 Å². The van der Waals surface area contributed by atoms with Crippen LogP contribution in [0.1, 0.15) is 25.0 Å². The summed E-state index contributed by atoms with van der Waals surface area (Å²) in [7, 11) is 0. The molecule has 2 unspecified atom stereocenters. The summed E-state index contributed by atoms with van der Waals surface area (Å²) in [5, 5.41) is 13.8. The lowest BCUT2D eigenvalue weighted by molar-refractivity contribution is 0.128. The first-order valence-electron chi connectivity index (χ1n) is 7.44. The van der Waals surface area contributed by atoms with E-state index in [4.69, 9.17) is 0 Å². The number of hydrogen-bond acceptors (Lipinski definition) is 2. The van der Waals surface area contributed by atoms with Gasteiger partial charge in [0.05, 0.1) is 6.10 Å². The standard InChI is InChI=1S/C19H23NO/c1-3-14-20-18(4-2)19(21)17-12-10-16(11-13-17)15-8-6-5-7-9-15/h3,5-13,18-21H,1,4,14H2,2H3. The van der Waals surface area contributed by atoms with Gasteiger partial charge < -0.3 is 10.4 Å². The van der Waals surface area contributed by atoms with Gasteiger partial charge in [-0.05, 0) is 23.1 Å². The molecule has 0 aromatic heterocycles. The van der Waals surface area contributed by atoms with E-state index < -0.39 is 6.10 Å². The van der Waals surface area contributed by atoms with Crippen molar-refractivity contribution in [2.45, 2.75) is 25.5 Å². The molecular formula is C19H23NO. The Hall–Kier alpha value is -1.90. The van der Waals surface area contributed by atoms with Gasteiger partial charge >= 0.3 is 0 Å². The van der Waals surface area contributed by atoms with E-state index in [1.54, 1.807) is 0 Å². The highest BCUT2D eigenvalue weighted by Gasteiger charge is 2.18.